The second-order valence-electron chi connectivity index (χ2n) is 5.36. The molecule has 0 amide bonds. The fourth-order valence-electron chi connectivity index (χ4n) is 2.64. The first-order chi connectivity index (χ1) is 7.65. The van der Waals surface area contributed by atoms with Crippen LogP contribution in [-0.2, 0) is 0 Å². The van der Waals surface area contributed by atoms with Gasteiger partial charge in [-0.05, 0) is 57.2 Å². The van der Waals surface area contributed by atoms with E-state index in [1.54, 1.807) is 0 Å². The first kappa shape index (κ1) is 11.7. The van der Waals surface area contributed by atoms with Crippen molar-refractivity contribution in [2.45, 2.75) is 46.1 Å². The number of hydrogen-bond acceptors (Lipinski definition) is 2. The van der Waals surface area contributed by atoms with Crippen LogP contribution < -0.4 is 5.32 Å². The lowest BCUT2D eigenvalue weighted by Gasteiger charge is -2.15. The monoisotopic (exact) mass is 221 g/mol. The average Bonchev–Trinajstić information content (AvgIpc) is 2.84. The standard InChI is InChI=1S/C14H23NO/c1-10-4-6-13(8-10)9-15-12(3)14-7-5-11(2)16-14/h5,7,10,12-13,15H,4,6,8-9H2,1-3H3. The molecular formula is C14H23NO. The maximum Gasteiger partial charge on any atom is 0.120 e. The summed E-state index contributed by atoms with van der Waals surface area (Å²) in [6.45, 7) is 7.66. The van der Waals surface area contributed by atoms with Crippen molar-refractivity contribution in [2.24, 2.45) is 11.8 Å². The van der Waals surface area contributed by atoms with E-state index in [2.05, 4.69) is 25.2 Å². The van der Waals surface area contributed by atoms with Crippen LogP contribution in [0.25, 0.3) is 0 Å². The van der Waals surface area contributed by atoms with Crippen LogP contribution in [0.3, 0.4) is 0 Å². The van der Waals surface area contributed by atoms with Crippen LogP contribution in [0.1, 0.15) is 50.7 Å². The molecule has 0 aromatic carbocycles. The van der Waals surface area contributed by atoms with Gasteiger partial charge in [-0.15, -0.1) is 0 Å². The Morgan fingerprint density at radius 3 is 2.81 bits per heavy atom. The third-order valence-electron chi connectivity index (χ3n) is 3.70. The summed E-state index contributed by atoms with van der Waals surface area (Å²) >= 11 is 0. The van der Waals surface area contributed by atoms with E-state index < -0.39 is 0 Å². The molecule has 0 radical (unpaired) electrons. The minimum atomic E-state index is 0.338. The van der Waals surface area contributed by atoms with Gasteiger partial charge in [0.2, 0.25) is 0 Å². The molecule has 3 unspecified atom stereocenters. The van der Waals surface area contributed by atoms with Gasteiger partial charge in [0, 0.05) is 0 Å². The van der Waals surface area contributed by atoms with Crippen LogP contribution in [0.5, 0.6) is 0 Å². The first-order valence-electron chi connectivity index (χ1n) is 6.45. The molecular weight excluding hydrogens is 198 g/mol. The minimum Gasteiger partial charge on any atom is -0.465 e. The zero-order valence-electron chi connectivity index (χ0n) is 10.6. The highest BCUT2D eigenvalue weighted by Gasteiger charge is 2.21. The summed E-state index contributed by atoms with van der Waals surface area (Å²) in [7, 11) is 0. The first-order valence-corrected chi connectivity index (χ1v) is 6.45. The van der Waals surface area contributed by atoms with Crippen LogP contribution in [-0.4, -0.2) is 6.54 Å². The van der Waals surface area contributed by atoms with Gasteiger partial charge in [0.1, 0.15) is 11.5 Å². The number of furan rings is 1. The van der Waals surface area contributed by atoms with Gasteiger partial charge in [0.25, 0.3) is 0 Å². The maximum absolute atomic E-state index is 5.62. The molecule has 0 saturated heterocycles. The van der Waals surface area contributed by atoms with Crippen LogP contribution in [0.2, 0.25) is 0 Å². The Kier molecular flexibility index (Phi) is 3.70. The quantitative estimate of drug-likeness (QED) is 0.839. The van der Waals surface area contributed by atoms with E-state index in [1.165, 1.54) is 19.3 Å². The van der Waals surface area contributed by atoms with Crippen LogP contribution >= 0.6 is 0 Å². The molecule has 1 aliphatic carbocycles. The summed E-state index contributed by atoms with van der Waals surface area (Å²) in [5.41, 5.74) is 0. The maximum atomic E-state index is 5.62. The predicted octanol–water partition coefficient (Wildman–Crippen LogP) is 3.67. The Balaban J connectivity index is 1.77. The topological polar surface area (TPSA) is 25.2 Å². The lowest BCUT2D eigenvalue weighted by atomic mass is 10.1. The molecule has 2 nitrogen and oxygen atoms in total. The molecule has 1 aromatic rings. The predicted molar refractivity (Wildman–Crippen MR) is 66.4 cm³/mol. The fourth-order valence-corrected chi connectivity index (χ4v) is 2.64. The molecule has 1 saturated carbocycles. The van der Waals surface area contributed by atoms with E-state index in [9.17, 15) is 0 Å². The second kappa shape index (κ2) is 5.05. The molecule has 3 atom stereocenters. The molecule has 0 bridgehead atoms. The molecule has 1 N–H and O–H groups in total. The van der Waals surface area contributed by atoms with Crippen LogP contribution in [0, 0.1) is 18.8 Å². The zero-order chi connectivity index (χ0) is 11.5. The van der Waals surface area contributed by atoms with Crippen molar-refractivity contribution in [3.05, 3.63) is 23.7 Å². The lowest BCUT2D eigenvalue weighted by molar-refractivity contribution is 0.384. The average molecular weight is 221 g/mol. The molecule has 0 aliphatic heterocycles. The van der Waals surface area contributed by atoms with Crippen LogP contribution in [0.4, 0.5) is 0 Å². The van der Waals surface area contributed by atoms with E-state index in [1.807, 2.05) is 13.0 Å². The van der Waals surface area contributed by atoms with Gasteiger partial charge in [0.15, 0.2) is 0 Å². The third kappa shape index (κ3) is 2.88. The summed E-state index contributed by atoms with van der Waals surface area (Å²) < 4.78 is 5.62. The Bertz CT molecular complexity index is 331. The minimum absolute atomic E-state index is 0.338. The van der Waals surface area contributed by atoms with Gasteiger partial charge in [-0.3, -0.25) is 0 Å². The third-order valence-corrected chi connectivity index (χ3v) is 3.70. The normalized spacial score (nSPS) is 27.2. The summed E-state index contributed by atoms with van der Waals surface area (Å²) in [6, 6.07) is 4.44. The molecule has 1 aliphatic rings. The number of nitrogens with one attached hydrogen (secondary N) is 1. The highest BCUT2D eigenvalue weighted by atomic mass is 16.3. The van der Waals surface area contributed by atoms with Crippen molar-refractivity contribution in [1.29, 1.82) is 0 Å². The molecule has 1 fully saturated rings. The smallest absolute Gasteiger partial charge is 0.120 e. The second-order valence-corrected chi connectivity index (χ2v) is 5.36. The van der Waals surface area contributed by atoms with E-state index in [4.69, 9.17) is 4.42 Å². The molecule has 16 heavy (non-hydrogen) atoms. The largest absolute Gasteiger partial charge is 0.465 e. The fraction of sp³-hybridized carbons (Fsp3) is 0.714. The summed E-state index contributed by atoms with van der Waals surface area (Å²) in [4.78, 5) is 0. The molecule has 90 valence electrons. The molecule has 1 aromatic heterocycles. The molecule has 2 rings (SSSR count). The number of aryl methyl sites for hydroxylation is 1. The van der Waals surface area contributed by atoms with Crippen molar-refractivity contribution in [3.63, 3.8) is 0 Å². The SMILES string of the molecule is Cc1ccc(C(C)NCC2CCC(C)C2)o1. The van der Waals surface area contributed by atoms with Gasteiger partial charge in [-0.1, -0.05) is 13.3 Å². The number of hydrogen-bond donors (Lipinski definition) is 1. The van der Waals surface area contributed by atoms with E-state index >= 15 is 0 Å². The van der Waals surface area contributed by atoms with Crippen molar-refractivity contribution >= 4 is 0 Å². The summed E-state index contributed by atoms with van der Waals surface area (Å²) in [5.74, 6) is 3.85. The Morgan fingerprint density at radius 1 is 1.44 bits per heavy atom. The van der Waals surface area contributed by atoms with Crippen molar-refractivity contribution in [2.75, 3.05) is 6.54 Å². The van der Waals surface area contributed by atoms with E-state index in [-0.39, 0.29) is 0 Å². The molecule has 2 heteroatoms. The molecule has 0 spiro atoms. The summed E-state index contributed by atoms with van der Waals surface area (Å²) in [6.07, 6.45) is 4.18. The van der Waals surface area contributed by atoms with Gasteiger partial charge in [0.05, 0.1) is 6.04 Å². The highest BCUT2D eigenvalue weighted by molar-refractivity contribution is 5.08. The van der Waals surface area contributed by atoms with Gasteiger partial charge in [-0.2, -0.15) is 0 Å². The van der Waals surface area contributed by atoms with Crippen molar-refractivity contribution < 1.29 is 4.42 Å². The van der Waals surface area contributed by atoms with E-state index in [0.29, 0.717) is 6.04 Å². The van der Waals surface area contributed by atoms with Crippen LogP contribution in [0.15, 0.2) is 16.5 Å². The zero-order valence-corrected chi connectivity index (χ0v) is 10.6. The summed E-state index contributed by atoms with van der Waals surface area (Å²) in [5, 5.41) is 3.58. The van der Waals surface area contributed by atoms with Gasteiger partial charge >= 0.3 is 0 Å². The molecule has 1 heterocycles. The lowest BCUT2D eigenvalue weighted by Crippen LogP contribution is -2.24. The Labute approximate surface area is 98.4 Å². The van der Waals surface area contributed by atoms with Crippen molar-refractivity contribution in [1.82, 2.24) is 5.32 Å². The van der Waals surface area contributed by atoms with Crippen molar-refractivity contribution in [3.8, 4) is 0 Å². The Morgan fingerprint density at radius 2 is 2.25 bits per heavy atom. The Hall–Kier alpha value is -0.760. The van der Waals surface area contributed by atoms with E-state index in [0.717, 1.165) is 29.9 Å². The van der Waals surface area contributed by atoms with Gasteiger partial charge < -0.3 is 9.73 Å². The van der Waals surface area contributed by atoms with Gasteiger partial charge in [-0.25, -0.2) is 0 Å². The highest BCUT2D eigenvalue weighted by Crippen LogP contribution is 2.30. The number of rotatable bonds is 4.